The lowest BCUT2D eigenvalue weighted by Gasteiger charge is -2.13. The molecule has 0 bridgehead atoms. The summed E-state index contributed by atoms with van der Waals surface area (Å²) in [6.07, 6.45) is 2.62. The van der Waals surface area contributed by atoms with Crippen molar-refractivity contribution in [2.45, 2.75) is 34.1 Å². The molecule has 0 aliphatic heterocycles. The lowest BCUT2D eigenvalue weighted by molar-refractivity contribution is 0.102. The number of benzene rings is 1. The first-order valence-corrected chi connectivity index (χ1v) is 5.90. The first-order valence-electron chi connectivity index (χ1n) is 5.90. The number of methoxy groups -OCH3 is 1. The summed E-state index contributed by atoms with van der Waals surface area (Å²) in [6.45, 7) is 7.84. The summed E-state index contributed by atoms with van der Waals surface area (Å²) in [6, 6.07) is 3.92. The number of ketones is 1. The molecule has 1 aromatic carbocycles. The van der Waals surface area contributed by atoms with Crippen molar-refractivity contribution >= 4 is 5.78 Å². The van der Waals surface area contributed by atoms with Gasteiger partial charge in [0.25, 0.3) is 0 Å². The Morgan fingerprint density at radius 2 is 2.00 bits per heavy atom. The van der Waals surface area contributed by atoms with Gasteiger partial charge in [0, 0.05) is 0 Å². The highest BCUT2D eigenvalue weighted by Gasteiger charge is 2.18. The lowest BCUT2D eigenvalue weighted by atomic mass is 9.95. The molecule has 0 aliphatic rings. The predicted octanol–water partition coefficient (Wildman–Crippen LogP) is 3.85. The summed E-state index contributed by atoms with van der Waals surface area (Å²) >= 11 is 0. The van der Waals surface area contributed by atoms with Crippen LogP contribution in [0, 0.1) is 13.8 Å². The van der Waals surface area contributed by atoms with Gasteiger partial charge in [-0.1, -0.05) is 19.1 Å². The zero-order valence-corrected chi connectivity index (χ0v) is 11.3. The first kappa shape index (κ1) is 13.5. The second-order valence-electron chi connectivity index (χ2n) is 4.16. The molecule has 0 amide bonds. The van der Waals surface area contributed by atoms with E-state index < -0.39 is 0 Å². The van der Waals surface area contributed by atoms with E-state index in [4.69, 9.17) is 4.74 Å². The van der Waals surface area contributed by atoms with Gasteiger partial charge in [0.15, 0.2) is 5.78 Å². The van der Waals surface area contributed by atoms with Crippen LogP contribution in [0.1, 0.15) is 41.8 Å². The fourth-order valence-corrected chi connectivity index (χ4v) is 2.04. The number of aryl methyl sites for hydroxylation is 2. The average Bonchev–Trinajstić information content (AvgIpc) is 2.29. The molecule has 0 N–H and O–H groups in total. The summed E-state index contributed by atoms with van der Waals surface area (Å²) in [7, 11) is 1.60. The van der Waals surface area contributed by atoms with Crippen LogP contribution in [-0.4, -0.2) is 12.9 Å². The number of Topliss-reactive ketones (excluding diaryl/α,β-unsaturated/α-hetero) is 1. The molecule has 0 fully saturated rings. The van der Waals surface area contributed by atoms with Crippen LogP contribution in [-0.2, 0) is 0 Å². The molecule has 1 rings (SSSR count). The van der Waals surface area contributed by atoms with E-state index in [9.17, 15) is 4.79 Å². The Bertz CT molecular complexity index is 456. The number of rotatable bonds is 4. The maximum Gasteiger partial charge on any atom is 0.192 e. The van der Waals surface area contributed by atoms with E-state index in [2.05, 4.69) is 0 Å². The number of carbonyl (C=O) groups excluding carboxylic acids is 1. The fourth-order valence-electron chi connectivity index (χ4n) is 2.04. The number of ether oxygens (including phenoxy) is 1. The molecule has 2 nitrogen and oxygen atoms in total. The van der Waals surface area contributed by atoms with Crippen molar-refractivity contribution in [3.8, 4) is 5.75 Å². The van der Waals surface area contributed by atoms with Crippen LogP contribution >= 0.6 is 0 Å². The summed E-state index contributed by atoms with van der Waals surface area (Å²) in [5.41, 5.74) is 3.59. The van der Waals surface area contributed by atoms with Crippen LogP contribution in [0.15, 0.2) is 23.8 Å². The molecule has 2 heteroatoms. The second kappa shape index (κ2) is 5.67. The molecule has 0 radical (unpaired) electrons. The van der Waals surface area contributed by atoms with Gasteiger partial charge in [-0.05, 0) is 50.0 Å². The van der Waals surface area contributed by atoms with Crippen LogP contribution in [0.4, 0.5) is 0 Å². The third kappa shape index (κ3) is 2.76. The monoisotopic (exact) mass is 232 g/mol. The predicted molar refractivity (Wildman–Crippen MR) is 70.8 cm³/mol. The van der Waals surface area contributed by atoms with E-state index in [1.165, 1.54) is 0 Å². The molecular formula is C15H20O2. The van der Waals surface area contributed by atoms with Gasteiger partial charge in [-0.25, -0.2) is 0 Å². The Morgan fingerprint density at radius 1 is 1.35 bits per heavy atom. The molecule has 0 heterocycles. The van der Waals surface area contributed by atoms with Crippen LogP contribution in [0.2, 0.25) is 0 Å². The van der Waals surface area contributed by atoms with Gasteiger partial charge < -0.3 is 4.74 Å². The molecule has 0 aliphatic carbocycles. The van der Waals surface area contributed by atoms with Gasteiger partial charge in [-0.15, -0.1) is 0 Å². The highest BCUT2D eigenvalue weighted by Crippen LogP contribution is 2.27. The molecule has 17 heavy (non-hydrogen) atoms. The van der Waals surface area contributed by atoms with Gasteiger partial charge in [0.1, 0.15) is 5.75 Å². The average molecular weight is 232 g/mol. The molecule has 92 valence electrons. The zero-order chi connectivity index (χ0) is 13.0. The molecule has 0 aromatic heterocycles. The van der Waals surface area contributed by atoms with Crippen molar-refractivity contribution < 1.29 is 9.53 Å². The van der Waals surface area contributed by atoms with E-state index in [0.717, 1.165) is 23.1 Å². The standard InChI is InChI=1S/C15H20O2/c1-6-12(7-2)15(16)14-11(4)8-10(3)9-13(14)17-5/h6,8-9H,7H2,1-5H3. The largest absolute Gasteiger partial charge is 0.496 e. The minimum atomic E-state index is 0.0735. The Balaban J connectivity index is 3.35. The molecule has 0 spiro atoms. The van der Waals surface area contributed by atoms with Gasteiger partial charge >= 0.3 is 0 Å². The zero-order valence-electron chi connectivity index (χ0n) is 11.3. The Hall–Kier alpha value is -1.57. The van der Waals surface area contributed by atoms with Crippen molar-refractivity contribution in [1.82, 2.24) is 0 Å². The van der Waals surface area contributed by atoms with Gasteiger partial charge in [0.05, 0.1) is 12.7 Å². The smallest absolute Gasteiger partial charge is 0.192 e. The number of hydrogen-bond acceptors (Lipinski definition) is 2. The minimum absolute atomic E-state index is 0.0735. The molecule has 0 saturated heterocycles. The number of carbonyl (C=O) groups is 1. The highest BCUT2D eigenvalue weighted by atomic mass is 16.5. The Kier molecular flexibility index (Phi) is 4.50. The van der Waals surface area contributed by atoms with Crippen molar-refractivity contribution in [3.63, 3.8) is 0 Å². The van der Waals surface area contributed by atoms with Crippen molar-refractivity contribution in [2.75, 3.05) is 7.11 Å². The van der Waals surface area contributed by atoms with Crippen molar-refractivity contribution in [3.05, 3.63) is 40.5 Å². The first-order chi connectivity index (χ1) is 8.04. The molecular weight excluding hydrogens is 212 g/mol. The van der Waals surface area contributed by atoms with Gasteiger partial charge in [-0.3, -0.25) is 4.79 Å². The third-order valence-corrected chi connectivity index (χ3v) is 2.91. The van der Waals surface area contributed by atoms with E-state index in [-0.39, 0.29) is 5.78 Å². The van der Waals surface area contributed by atoms with Crippen LogP contribution in [0.25, 0.3) is 0 Å². The summed E-state index contributed by atoms with van der Waals surface area (Å²) in [4.78, 5) is 12.4. The third-order valence-electron chi connectivity index (χ3n) is 2.91. The maximum atomic E-state index is 12.4. The van der Waals surface area contributed by atoms with E-state index >= 15 is 0 Å². The SMILES string of the molecule is CC=C(CC)C(=O)c1c(C)cc(C)cc1OC. The topological polar surface area (TPSA) is 26.3 Å². The second-order valence-corrected chi connectivity index (χ2v) is 4.16. The maximum absolute atomic E-state index is 12.4. The summed E-state index contributed by atoms with van der Waals surface area (Å²) in [5.74, 6) is 0.740. The van der Waals surface area contributed by atoms with E-state index in [1.807, 2.05) is 45.9 Å². The van der Waals surface area contributed by atoms with Crippen LogP contribution in [0.5, 0.6) is 5.75 Å². The summed E-state index contributed by atoms with van der Waals surface area (Å²) < 4.78 is 5.32. The lowest BCUT2D eigenvalue weighted by Crippen LogP contribution is -2.08. The van der Waals surface area contributed by atoms with Crippen molar-refractivity contribution in [1.29, 1.82) is 0 Å². The van der Waals surface area contributed by atoms with Crippen molar-refractivity contribution in [2.24, 2.45) is 0 Å². The molecule has 0 atom stereocenters. The highest BCUT2D eigenvalue weighted by molar-refractivity contribution is 6.11. The fraction of sp³-hybridized carbons (Fsp3) is 0.400. The van der Waals surface area contributed by atoms with Crippen LogP contribution < -0.4 is 4.74 Å². The molecule has 0 saturated carbocycles. The van der Waals surface area contributed by atoms with Gasteiger partial charge in [0.2, 0.25) is 0 Å². The Labute approximate surface area is 103 Å². The quantitative estimate of drug-likeness (QED) is 0.582. The normalized spacial score (nSPS) is 11.5. The molecule has 0 unspecified atom stereocenters. The van der Waals surface area contributed by atoms with E-state index in [1.54, 1.807) is 7.11 Å². The molecule has 1 aromatic rings. The number of hydrogen-bond donors (Lipinski definition) is 0. The van der Waals surface area contributed by atoms with Gasteiger partial charge in [-0.2, -0.15) is 0 Å². The Morgan fingerprint density at radius 3 is 2.47 bits per heavy atom. The summed E-state index contributed by atoms with van der Waals surface area (Å²) in [5, 5.41) is 0. The van der Waals surface area contributed by atoms with E-state index in [0.29, 0.717) is 11.3 Å². The van der Waals surface area contributed by atoms with Crippen LogP contribution in [0.3, 0.4) is 0 Å². The number of allylic oxidation sites excluding steroid dienone is 2. The minimum Gasteiger partial charge on any atom is -0.496 e.